The fraction of sp³-hybridized carbons (Fsp3) is 0. The number of nitrogens with zero attached hydrogens (tertiary/aromatic N) is 2. The van der Waals surface area contributed by atoms with Gasteiger partial charge in [-0.3, -0.25) is 4.79 Å². The number of aromatic amines is 2. The van der Waals surface area contributed by atoms with E-state index in [4.69, 9.17) is 0 Å². The van der Waals surface area contributed by atoms with Crippen LogP contribution in [0.3, 0.4) is 0 Å². The summed E-state index contributed by atoms with van der Waals surface area (Å²) in [5, 5.41) is 6.91. The van der Waals surface area contributed by atoms with Gasteiger partial charge < -0.3 is 15.3 Å². The van der Waals surface area contributed by atoms with Crippen molar-refractivity contribution >= 4 is 22.6 Å². The second kappa shape index (κ2) is 5.75. The molecule has 0 aliphatic heterocycles. The number of rotatable bonds is 3. The number of imidazole rings is 1. The molecule has 0 fully saturated rings. The van der Waals surface area contributed by atoms with Crippen LogP contribution in [-0.4, -0.2) is 25.7 Å². The van der Waals surface area contributed by atoms with E-state index in [0.29, 0.717) is 22.4 Å². The number of aromatic nitrogens is 4. The summed E-state index contributed by atoms with van der Waals surface area (Å²) >= 11 is 0. The number of carbonyl (C=O) groups excluding carboxylic acids is 1. The molecule has 124 valence electrons. The van der Waals surface area contributed by atoms with E-state index in [1.165, 1.54) is 16.8 Å². The minimum atomic E-state index is -0.391. The Morgan fingerprint density at radius 1 is 1.04 bits per heavy atom. The minimum absolute atomic E-state index is 0.215. The summed E-state index contributed by atoms with van der Waals surface area (Å²) in [4.78, 5) is 28.9. The van der Waals surface area contributed by atoms with Crippen LogP contribution < -0.4 is 11.0 Å². The van der Waals surface area contributed by atoms with Crippen LogP contribution in [0.2, 0.25) is 0 Å². The predicted molar refractivity (Wildman–Crippen MR) is 90.4 cm³/mol. The Labute approximate surface area is 140 Å². The molecular formula is C17H12FN5O2. The first kappa shape index (κ1) is 14.9. The van der Waals surface area contributed by atoms with E-state index < -0.39 is 5.91 Å². The van der Waals surface area contributed by atoms with Crippen LogP contribution in [0, 0.1) is 5.82 Å². The van der Waals surface area contributed by atoms with Gasteiger partial charge in [-0.25, -0.2) is 13.9 Å². The van der Waals surface area contributed by atoms with Gasteiger partial charge in [-0.05, 0) is 48.5 Å². The molecule has 0 bridgehead atoms. The van der Waals surface area contributed by atoms with E-state index in [1.54, 1.807) is 42.6 Å². The number of benzene rings is 2. The molecule has 0 aliphatic rings. The molecular weight excluding hydrogens is 325 g/mol. The van der Waals surface area contributed by atoms with Crippen LogP contribution in [0.4, 0.5) is 10.1 Å². The maximum absolute atomic E-state index is 13.0. The van der Waals surface area contributed by atoms with Crippen LogP contribution in [0.5, 0.6) is 0 Å². The molecule has 3 N–H and O–H groups in total. The zero-order chi connectivity index (χ0) is 17.4. The van der Waals surface area contributed by atoms with Crippen molar-refractivity contribution in [2.75, 3.05) is 5.32 Å². The van der Waals surface area contributed by atoms with Gasteiger partial charge in [0.1, 0.15) is 5.82 Å². The molecule has 2 heterocycles. The van der Waals surface area contributed by atoms with Gasteiger partial charge >= 0.3 is 5.69 Å². The molecule has 7 nitrogen and oxygen atoms in total. The Bertz CT molecular complexity index is 1120. The summed E-state index contributed by atoms with van der Waals surface area (Å²) < 4.78 is 14.5. The lowest BCUT2D eigenvalue weighted by atomic mass is 10.2. The fourth-order valence-electron chi connectivity index (χ4n) is 2.49. The van der Waals surface area contributed by atoms with E-state index in [9.17, 15) is 14.0 Å². The van der Waals surface area contributed by atoms with Crippen molar-refractivity contribution in [3.8, 4) is 5.69 Å². The van der Waals surface area contributed by atoms with Gasteiger partial charge in [-0.1, -0.05) is 0 Å². The number of nitrogens with one attached hydrogen (secondary N) is 3. The smallest absolute Gasteiger partial charge is 0.321 e. The van der Waals surface area contributed by atoms with Crippen molar-refractivity contribution in [3.63, 3.8) is 0 Å². The molecule has 0 aliphatic carbocycles. The summed E-state index contributed by atoms with van der Waals surface area (Å²) in [7, 11) is 0. The fourth-order valence-corrected chi connectivity index (χ4v) is 2.49. The van der Waals surface area contributed by atoms with E-state index in [0.717, 1.165) is 0 Å². The number of amides is 1. The molecule has 0 saturated heterocycles. The van der Waals surface area contributed by atoms with Crippen molar-refractivity contribution in [1.82, 2.24) is 19.7 Å². The molecule has 0 spiro atoms. The lowest BCUT2D eigenvalue weighted by molar-refractivity contribution is 0.102. The highest BCUT2D eigenvalue weighted by molar-refractivity contribution is 6.03. The first-order valence-corrected chi connectivity index (χ1v) is 7.43. The summed E-state index contributed by atoms with van der Waals surface area (Å²) in [6, 6.07) is 12.4. The van der Waals surface area contributed by atoms with E-state index >= 15 is 0 Å². The monoisotopic (exact) mass is 337 g/mol. The first-order chi connectivity index (χ1) is 12.1. The normalized spacial score (nSPS) is 10.9. The van der Waals surface area contributed by atoms with Crippen LogP contribution in [0.25, 0.3) is 16.7 Å². The van der Waals surface area contributed by atoms with Gasteiger partial charge in [0.2, 0.25) is 0 Å². The van der Waals surface area contributed by atoms with Gasteiger partial charge in [0, 0.05) is 11.9 Å². The Morgan fingerprint density at radius 3 is 2.60 bits per heavy atom. The summed E-state index contributed by atoms with van der Waals surface area (Å²) in [6.07, 6.45) is 1.62. The minimum Gasteiger partial charge on any atom is -0.321 e. The van der Waals surface area contributed by atoms with Crippen molar-refractivity contribution in [3.05, 3.63) is 76.7 Å². The number of anilines is 1. The Kier molecular flexibility index (Phi) is 3.42. The lowest BCUT2D eigenvalue weighted by Crippen LogP contribution is -2.13. The molecule has 0 radical (unpaired) electrons. The second-order valence-corrected chi connectivity index (χ2v) is 5.42. The van der Waals surface area contributed by atoms with Gasteiger partial charge in [0.05, 0.1) is 16.7 Å². The van der Waals surface area contributed by atoms with Crippen molar-refractivity contribution in [2.24, 2.45) is 0 Å². The summed E-state index contributed by atoms with van der Waals surface area (Å²) in [6.45, 7) is 0. The number of halogens is 1. The average Bonchev–Trinajstić information content (AvgIpc) is 3.21. The Hall–Kier alpha value is -3.68. The molecule has 0 unspecified atom stereocenters. The summed E-state index contributed by atoms with van der Waals surface area (Å²) in [5.74, 6) is -0.731. The zero-order valence-electron chi connectivity index (χ0n) is 12.8. The molecule has 0 atom stereocenters. The maximum Gasteiger partial charge on any atom is 0.323 e. The highest BCUT2D eigenvalue weighted by Crippen LogP contribution is 2.16. The number of H-pyrrole nitrogens is 2. The Morgan fingerprint density at radius 2 is 1.80 bits per heavy atom. The lowest BCUT2D eigenvalue weighted by Gasteiger charge is -2.03. The summed E-state index contributed by atoms with van der Waals surface area (Å²) in [5.41, 5.74) is 2.34. The Balaban J connectivity index is 1.56. The largest absolute Gasteiger partial charge is 0.323 e. The first-order valence-electron chi connectivity index (χ1n) is 7.43. The molecule has 2 aromatic carbocycles. The SMILES string of the molecule is O=C(Nc1ccc2[nH]c(=O)[nH]c2c1)c1ccn(-c2ccc(F)cc2)n1. The van der Waals surface area contributed by atoms with Crippen LogP contribution in [0.15, 0.2) is 59.5 Å². The third-order valence-corrected chi connectivity index (χ3v) is 3.69. The molecule has 1 amide bonds. The molecule has 4 aromatic rings. The molecule has 0 saturated carbocycles. The van der Waals surface area contributed by atoms with E-state index in [2.05, 4.69) is 20.4 Å². The van der Waals surface area contributed by atoms with Crippen molar-refractivity contribution < 1.29 is 9.18 Å². The van der Waals surface area contributed by atoms with Crippen LogP contribution in [-0.2, 0) is 0 Å². The van der Waals surface area contributed by atoms with Gasteiger partial charge in [0.25, 0.3) is 5.91 Å². The van der Waals surface area contributed by atoms with Crippen molar-refractivity contribution in [2.45, 2.75) is 0 Å². The average molecular weight is 337 g/mol. The molecule has 8 heteroatoms. The number of fused-ring (bicyclic) bond motifs is 1. The number of carbonyl (C=O) groups is 1. The highest BCUT2D eigenvalue weighted by atomic mass is 19.1. The zero-order valence-corrected chi connectivity index (χ0v) is 12.8. The molecule has 4 rings (SSSR count). The molecule has 25 heavy (non-hydrogen) atoms. The highest BCUT2D eigenvalue weighted by Gasteiger charge is 2.11. The van der Waals surface area contributed by atoms with Crippen molar-refractivity contribution in [1.29, 1.82) is 0 Å². The quantitative estimate of drug-likeness (QED) is 0.536. The maximum atomic E-state index is 13.0. The molecule has 2 aromatic heterocycles. The van der Waals surface area contributed by atoms with Gasteiger partial charge in [-0.15, -0.1) is 0 Å². The second-order valence-electron chi connectivity index (χ2n) is 5.42. The van der Waals surface area contributed by atoms with Crippen LogP contribution in [0.1, 0.15) is 10.5 Å². The topological polar surface area (TPSA) is 95.6 Å². The number of hydrogen-bond acceptors (Lipinski definition) is 3. The third kappa shape index (κ3) is 2.92. The van der Waals surface area contributed by atoms with Crippen LogP contribution >= 0.6 is 0 Å². The van der Waals surface area contributed by atoms with E-state index in [1.807, 2.05) is 0 Å². The number of hydrogen-bond donors (Lipinski definition) is 3. The van der Waals surface area contributed by atoms with Gasteiger partial charge in [0.15, 0.2) is 5.69 Å². The third-order valence-electron chi connectivity index (χ3n) is 3.69. The standard InChI is InChI=1S/C17H12FN5O2/c18-10-1-4-12(5-2-10)23-8-7-14(22-23)16(24)19-11-3-6-13-15(9-11)21-17(25)20-13/h1-9H,(H,19,24)(H2,20,21,25). The van der Waals surface area contributed by atoms with Gasteiger partial charge in [-0.2, -0.15) is 5.10 Å². The predicted octanol–water partition coefficient (Wildman–Crippen LogP) is 2.43. The van der Waals surface area contributed by atoms with E-state index in [-0.39, 0.29) is 17.2 Å².